The van der Waals surface area contributed by atoms with E-state index in [4.69, 9.17) is 18.9 Å². The van der Waals surface area contributed by atoms with Gasteiger partial charge in [0.05, 0.1) is 26.0 Å². The quantitative estimate of drug-likeness (QED) is 0.119. The molecule has 0 radical (unpaired) electrons. The summed E-state index contributed by atoms with van der Waals surface area (Å²) in [5.74, 6) is -1.20. The van der Waals surface area contributed by atoms with Crippen LogP contribution in [0.1, 0.15) is 88.0 Å². The number of carbonyl (C=O) groups excluding carboxylic acids is 5. The summed E-state index contributed by atoms with van der Waals surface area (Å²) in [5, 5.41) is 7.99. The van der Waals surface area contributed by atoms with Crippen LogP contribution in [0.5, 0.6) is 0 Å². The van der Waals surface area contributed by atoms with Gasteiger partial charge in [0.2, 0.25) is 5.91 Å². The van der Waals surface area contributed by atoms with E-state index in [1.165, 1.54) is 21.0 Å². The first-order valence-corrected chi connectivity index (χ1v) is 14.6. The molecule has 246 valence electrons. The Bertz CT molecular complexity index is 990. The van der Waals surface area contributed by atoms with Crippen molar-refractivity contribution in [2.45, 2.75) is 123 Å². The van der Waals surface area contributed by atoms with Gasteiger partial charge in [-0.2, -0.15) is 0 Å². The number of nitrogens with one attached hydrogen (secondary N) is 3. The zero-order valence-corrected chi connectivity index (χ0v) is 27.1. The minimum absolute atomic E-state index is 0.0117. The number of hydrogen-bond donors (Lipinski definition) is 3. The van der Waals surface area contributed by atoms with E-state index in [0.29, 0.717) is 6.42 Å². The third kappa shape index (κ3) is 14.0. The van der Waals surface area contributed by atoms with Gasteiger partial charge in [0.15, 0.2) is 0 Å². The van der Waals surface area contributed by atoms with Crippen LogP contribution in [-0.2, 0) is 33.3 Å². The Morgan fingerprint density at radius 2 is 1.58 bits per heavy atom. The van der Waals surface area contributed by atoms with E-state index >= 15 is 0 Å². The van der Waals surface area contributed by atoms with Crippen molar-refractivity contribution < 1.29 is 47.7 Å². The number of carbonyl (C=O) groups is 5. The first-order chi connectivity index (χ1) is 19.9. The average Bonchev–Trinajstić information content (AvgIpc) is 3.19. The first kappa shape index (κ1) is 37.4. The largest absolute Gasteiger partial charge is 0.508 e. The monoisotopic (exact) mass is 614 g/mol. The highest BCUT2D eigenvalue weighted by Crippen LogP contribution is 2.38. The highest BCUT2D eigenvalue weighted by atomic mass is 16.7. The number of aliphatic imine (C=N–C) groups is 1. The zero-order valence-electron chi connectivity index (χ0n) is 27.1. The predicted molar refractivity (Wildman–Crippen MR) is 157 cm³/mol. The fraction of sp³-hybridized carbons (Fsp3) is 0.793. The molecule has 1 fully saturated rings. The van der Waals surface area contributed by atoms with Gasteiger partial charge in [0, 0.05) is 32.2 Å². The number of alkyl carbamates (subject to hydrolysis) is 2. The maximum atomic E-state index is 12.6. The minimum Gasteiger partial charge on any atom is -0.458 e. The van der Waals surface area contributed by atoms with Crippen molar-refractivity contribution >= 4 is 36.6 Å². The molecular weight excluding hydrogens is 564 g/mol. The lowest BCUT2D eigenvalue weighted by Gasteiger charge is -2.34. The number of ether oxygens (including phenoxy) is 5. The van der Waals surface area contributed by atoms with Crippen LogP contribution in [0.4, 0.5) is 14.4 Å². The number of esters is 1. The van der Waals surface area contributed by atoms with Crippen molar-refractivity contribution in [2.24, 2.45) is 16.8 Å². The van der Waals surface area contributed by atoms with Gasteiger partial charge >= 0.3 is 24.3 Å². The molecule has 0 saturated heterocycles. The SMILES string of the molecule is CCC(CC)CC(NC(C)=O)[C@H]1[C@@H](OC(C)=O)[C@H](OC(=O)OC)C[C@H]1N=CNC(=O)OC(C)(C)CNC(=O)OC(C)(C)C. The summed E-state index contributed by atoms with van der Waals surface area (Å²) < 4.78 is 26.4. The number of amides is 3. The van der Waals surface area contributed by atoms with Crippen LogP contribution >= 0.6 is 0 Å². The number of nitrogens with zero attached hydrogens (tertiary/aromatic N) is 1. The summed E-state index contributed by atoms with van der Waals surface area (Å²) in [6, 6.07) is -1.11. The maximum absolute atomic E-state index is 12.6. The first-order valence-electron chi connectivity index (χ1n) is 14.6. The van der Waals surface area contributed by atoms with Crippen LogP contribution in [0.15, 0.2) is 4.99 Å². The van der Waals surface area contributed by atoms with Crippen molar-refractivity contribution in [3.63, 3.8) is 0 Å². The highest BCUT2D eigenvalue weighted by Gasteiger charge is 2.51. The predicted octanol–water partition coefficient (Wildman–Crippen LogP) is 3.85. The number of rotatable bonds is 13. The van der Waals surface area contributed by atoms with Crippen LogP contribution in [0.2, 0.25) is 0 Å². The van der Waals surface area contributed by atoms with Crippen LogP contribution in [0.25, 0.3) is 0 Å². The van der Waals surface area contributed by atoms with Crippen LogP contribution in [0, 0.1) is 11.8 Å². The molecule has 5 atom stereocenters. The van der Waals surface area contributed by atoms with Gasteiger partial charge < -0.3 is 34.3 Å². The van der Waals surface area contributed by atoms with E-state index in [0.717, 1.165) is 19.2 Å². The summed E-state index contributed by atoms with van der Waals surface area (Å²) in [4.78, 5) is 65.4. The van der Waals surface area contributed by atoms with E-state index in [9.17, 15) is 24.0 Å². The molecule has 14 nitrogen and oxygen atoms in total. The summed E-state index contributed by atoms with van der Waals surface area (Å²) in [7, 11) is 1.17. The Hall–Kier alpha value is -3.58. The Balaban J connectivity index is 3.17. The van der Waals surface area contributed by atoms with Gasteiger partial charge in [-0.15, -0.1) is 0 Å². The zero-order chi connectivity index (χ0) is 33.0. The lowest BCUT2D eigenvalue weighted by Crippen LogP contribution is -2.49. The fourth-order valence-corrected chi connectivity index (χ4v) is 4.94. The van der Waals surface area contributed by atoms with E-state index in [-0.39, 0.29) is 24.8 Å². The van der Waals surface area contributed by atoms with Crippen LogP contribution in [-0.4, -0.2) is 85.7 Å². The molecule has 1 aliphatic carbocycles. The second-order valence-electron chi connectivity index (χ2n) is 12.2. The lowest BCUT2D eigenvalue weighted by molar-refractivity contribution is -0.155. The number of methoxy groups -OCH3 is 1. The molecule has 0 bridgehead atoms. The molecule has 14 heteroatoms. The van der Waals surface area contributed by atoms with E-state index in [1.54, 1.807) is 34.6 Å². The van der Waals surface area contributed by atoms with E-state index < -0.39 is 65.7 Å². The van der Waals surface area contributed by atoms with Gasteiger partial charge in [0.1, 0.15) is 23.4 Å². The molecule has 1 rings (SSSR count). The molecule has 1 aliphatic rings. The molecule has 0 aromatic rings. The van der Waals surface area contributed by atoms with Gasteiger partial charge in [0.25, 0.3) is 0 Å². The third-order valence-corrected chi connectivity index (χ3v) is 6.85. The summed E-state index contributed by atoms with van der Waals surface area (Å²) in [5.41, 5.74) is -1.76. The minimum atomic E-state index is -1.09. The third-order valence-electron chi connectivity index (χ3n) is 6.85. The van der Waals surface area contributed by atoms with Crippen LogP contribution in [0.3, 0.4) is 0 Å². The standard InChI is InChI=1S/C29H50N4O10/c1-11-19(12-2)13-21(33-17(3)34)23-20(14-22(41-27(38)39-10)24(23)40-18(4)35)31-16-32-26(37)43-29(8,9)15-30-25(36)42-28(5,6)7/h16,19-24H,11-15H2,1-10H3,(H,30,36)(H,33,34)(H,31,32,37)/t20-,21?,22-,23+,24+/m1/s1. The maximum Gasteiger partial charge on any atom is 0.508 e. The van der Waals surface area contributed by atoms with E-state index in [2.05, 4.69) is 39.5 Å². The lowest BCUT2D eigenvalue weighted by atomic mass is 9.84. The Morgan fingerprint density at radius 1 is 0.953 bits per heavy atom. The molecule has 0 aromatic carbocycles. The van der Waals surface area contributed by atoms with Crippen molar-refractivity contribution in [3.05, 3.63) is 0 Å². The molecule has 0 aliphatic heterocycles. The molecule has 0 heterocycles. The number of hydrogen-bond acceptors (Lipinski definition) is 11. The topological polar surface area (TPSA) is 180 Å². The van der Waals surface area contributed by atoms with Gasteiger partial charge in [-0.25, -0.2) is 14.4 Å². The van der Waals surface area contributed by atoms with Crippen molar-refractivity contribution in [1.82, 2.24) is 16.0 Å². The normalized spacial score (nSPS) is 21.1. The average molecular weight is 615 g/mol. The Labute approximate surface area is 254 Å². The Morgan fingerprint density at radius 3 is 2.09 bits per heavy atom. The van der Waals surface area contributed by atoms with E-state index in [1.807, 2.05) is 0 Å². The van der Waals surface area contributed by atoms with Crippen molar-refractivity contribution in [1.29, 1.82) is 0 Å². The molecule has 3 amide bonds. The molecule has 1 saturated carbocycles. The highest BCUT2D eigenvalue weighted by molar-refractivity contribution is 5.82. The molecule has 0 spiro atoms. The summed E-state index contributed by atoms with van der Waals surface area (Å²) in [6.45, 7) is 15.2. The molecule has 1 unspecified atom stereocenters. The molecule has 43 heavy (non-hydrogen) atoms. The Kier molecular flexibility index (Phi) is 14.7. The molecule has 3 N–H and O–H groups in total. The van der Waals surface area contributed by atoms with Gasteiger partial charge in [-0.1, -0.05) is 26.7 Å². The van der Waals surface area contributed by atoms with Crippen LogP contribution < -0.4 is 16.0 Å². The van der Waals surface area contributed by atoms with Crippen molar-refractivity contribution in [3.8, 4) is 0 Å². The smallest absolute Gasteiger partial charge is 0.458 e. The summed E-state index contributed by atoms with van der Waals surface area (Å²) >= 11 is 0. The fourth-order valence-electron chi connectivity index (χ4n) is 4.94. The molecule has 0 aromatic heterocycles. The van der Waals surface area contributed by atoms with Gasteiger partial charge in [-0.05, 0) is 47.0 Å². The molecular formula is C29H50N4O10. The van der Waals surface area contributed by atoms with Crippen molar-refractivity contribution in [2.75, 3.05) is 13.7 Å². The summed E-state index contributed by atoms with van der Waals surface area (Å²) in [6.07, 6.45) is -0.694. The van der Waals surface area contributed by atoms with Gasteiger partial charge in [-0.3, -0.25) is 19.9 Å². The second-order valence-corrected chi connectivity index (χ2v) is 12.2. The second kappa shape index (κ2) is 16.9.